The molecular weight excluding hydrogens is 334 g/mol. The van der Waals surface area contributed by atoms with Gasteiger partial charge in [0.1, 0.15) is 6.04 Å². The molecule has 21 heavy (non-hydrogen) atoms. The number of hydrogen-bond acceptors (Lipinski definition) is 2. The Morgan fingerprint density at radius 3 is 2.57 bits per heavy atom. The quantitative estimate of drug-likeness (QED) is 0.903. The van der Waals surface area contributed by atoms with Crippen molar-refractivity contribution in [2.45, 2.75) is 38.6 Å². The van der Waals surface area contributed by atoms with Crippen molar-refractivity contribution >= 4 is 27.8 Å². The molecule has 1 aromatic carbocycles. The fourth-order valence-electron chi connectivity index (χ4n) is 2.89. The van der Waals surface area contributed by atoms with Gasteiger partial charge in [0.15, 0.2) is 0 Å². The highest BCUT2D eigenvalue weighted by Gasteiger charge is 2.39. The van der Waals surface area contributed by atoms with Crippen LogP contribution >= 0.6 is 15.9 Å². The van der Waals surface area contributed by atoms with E-state index < -0.39 is 12.0 Å². The Hall–Kier alpha value is -1.36. The summed E-state index contributed by atoms with van der Waals surface area (Å²) in [6.07, 6.45) is 1.10. The summed E-state index contributed by atoms with van der Waals surface area (Å²) in [7, 11) is 0. The Balaban J connectivity index is 2.04. The summed E-state index contributed by atoms with van der Waals surface area (Å²) in [6.45, 7) is 4.44. The zero-order valence-electron chi connectivity index (χ0n) is 12.3. The zero-order valence-corrected chi connectivity index (χ0v) is 13.8. The molecule has 114 valence electrons. The second-order valence-corrected chi connectivity index (χ2v) is 6.71. The van der Waals surface area contributed by atoms with Gasteiger partial charge in [-0.2, -0.15) is 0 Å². The number of carbonyl (C=O) groups excluding carboxylic acids is 1. The van der Waals surface area contributed by atoms with Crippen molar-refractivity contribution in [2.75, 3.05) is 6.54 Å². The lowest BCUT2D eigenvalue weighted by molar-refractivity contribution is -0.149. The summed E-state index contributed by atoms with van der Waals surface area (Å²) < 4.78 is 1.00. The monoisotopic (exact) mass is 353 g/mol. The number of rotatable bonds is 4. The van der Waals surface area contributed by atoms with Crippen molar-refractivity contribution in [3.05, 3.63) is 34.3 Å². The summed E-state index contributed by atoms with van der Waals surface area (Å²) in [6, 6.07) is 7.21. The number of likely N-dealkylation sites (tertiary alicyclic amines) is 1. The van der Waals surface area contributed by atoms with Crippen LogP contribution in [0.4, 0.5) is 0 Å². The molecule has 2 rings (SSSR count). The number of carbonyl (C=O) groups is 2. The van der Waals surface area contributed by atoms with Crippen molar-refractivity contribution in [1.29, 1.82) is 0 Å². The van der Waals surface area contributed by atoms with E-state index in [9.17, 15) is 14.7 Å². The molecule has 0 aromatic heterocycles. The van der Waals surface area contributed by atoms with Crippen LogP contribution in [-0.2, 0) is 9.59 Å². The number of halogens is 1. The maximum Gasteiger partial charge on any atom is 0.326 e. The van der Waals surface area contributed by atoms with E-state index >= 15 is 0 Å². The van der Waals surface area contributed by atoms with Gasteiger partial charge in [-0.3, -0.25) is 4.79 Å². The SMILES string of the molecule is CC(CC(=O)N1CCC(C)C1C(=O)O)c1ccc(Br)cc1. The second-order valence-electron chi connectivity index (χ2n) is 5.79. The standard InChI is InChI=1S/C16H20BrNO3/c1-10-7-8-18(15(10)16(20)21)14(19)9-11(2)12-3-5-13(17)6-4-12/h3-6,10-11,15H,7-9H2,1-2H3,(H,20,21). The van der Waals surface area contributed by atoms with Crippen molar-refractivity contribution in [3.8, 4) is 0 Å². The molecule has 5 heteroatoms. The molecule has 1 amide bonds. The molecule has 3 unspecified atom stereocenters. The van der Waals surface area contributed by atoms with Gasteiger partial charge in [-0.15, -0.1) is 0 Å². The molecule has 0 saturated carbocycles. The molecule has 1 aliphatic heterocycles. The number of amides is 1. The van der Waals surface area contributed by atoms with E-state index in [4.69, 9.17) is 0 Å². The van der Waals surface area contributed by atoms with Gasteiger partial charge in [0.2, 0.25) is 5.91 Å². The molecule has 4 nitrogen and oxygen atoms in total. The highest BCUT2D eigenvalue weighted by Crippen LogP contribution is 2.28. The van der Waals surface area contributed by atoms with E-state index in [-0.39, 0.29) is 17.7 Å². The number of hydrogen-bond donors (Lipinski definition) is 1. The van der Waals surface area contributed by atoms with Crippen molar-refractivity contribution in [2.24, 2.45) is 5.92 Å². The Kier molecular flexibility index (Phi) is 5.04. The van der Waals surface area contributed by atoms with Crippen LogP contribution in [-0.4, -0.2) is 34.5 Å². The molecule has 1 N–H and O–H groups in total. The average Bonchev–Trinajstić information content (AvgIpc) is 2.81. The predicted octanol–water partition coefficient (Wildman–Crippen LogP) is 3.26. The van der Waals surface area contributed by atoms with E-state index in [0.29, 0.717) is 13.0 Å². The smallest absolute Gasteiger partial charge is 0.326 e. The molecule has 0 bridgehead atoms. The van der Waals surface area contributed by atoms with Crippen LogP contribution in [0.25, 0.3) is 0 Å². The van der Waals surface area contributed by atoms with Gasteiger partial charge in [-0.25, -0.2) is 4.79 Å². The first-order valence-corrected chi connectivity index (χ1v) is 7.97. The summed E-state index contributed by atoms with van der Waals surface area (Å²) in [5.74, 6) is -0.864. The van der Waals surface area contributed by atoms with Gasteiger partial charge in [-0.05, 0) is 36.0 Å². The normalized spacial score (nSPS) is 23.1. The third kappa shape index (κ3) is 3.64. The van der Waals surface area contributed by atoms with Gasteiger partial charge < -0.3 is 10.0 Å². The number of aliphatic carboxylic acids is 1. The molecule has 1 aromatic rings. The van der Waals surface area contributed by atoms with Crippen LogP contribution < -0.4 is 0 Å². The third-order valence-electron chi connectivity index (χ3n) is 4.19. The summed E-state index contributed by atoms with van der Waals surface area (Å²) in [5.41, 5.74) is 1.09. The van der Waals surface area contributed by atoms with Crippen molar-refractivity contribution < 1.29 is 14.7 Å². The van der Waals surface area contributed by atoms with E-state index in [1.807, 2.05) is 38.1 Å². The van der Waals surface area contributed by atoms with Gasteiger partial charge in [0.05, 0.1) is 0 Å². The Morgan fingerprint density at radius 2 is 2.00 bits per heavy atom. The lowest BCUT2D eigenvalue weighted by Gasteiger charge is -2.25. The minimum Gasteiger partial charge on any atom is -0.480 e. The van der Waals surface area contributed by atoms with Crippen LogP contribution in [0, 0.1) is 5.92 Å². The lowest BCUT2D eigenvalue weighted by atomic mass is 9.97. The summed E-state index contributed by atoms with van der Waals surface area (Å²) in [5, 5.41) is 9.29. The van der Waals surface area contributed by atoms with Crippen LogP contribution in [0.5, 0.6) is 0 Å². The molecule has 0 spiro atoms. The number of carboxylic acids is 1. The third-order valence-corrected chi connectivity index (χ3v) is 4.72. The average molecular weight is 354 g/mol. The Bertz CT molecular complexity index is 529. The molecule has 1 aliphatic rings. The molecule has 1 heterocycles. The van der Waals surface area contributed by atoms with Gasteiger partial charge in [-0.1, -0.05) is 41.9 Å². The van der Waals surface area contributed by atoms with Crippen LogP contribution in [0.15, 0.2) is 28.7 Å². The Morgan fingerprint density at radius 1 is 1.38 bits per heavy atom. The first-order valence-electron chi connectivity index (χ1n) is 7.18. The molecule has 0 aliphatic carbocycles. The topological polar surface area (TPSA) is 57.6 Å². The zero-order chi connectivity index (χ0) is 15.6. The molecular formula is C16H20BrNO3. The van der Waals surface area contributed by atoms with Crippen LogP contribution in [0.3, 0.4) is 0 Å². The van der Waals surface area contributed by atoms with Gasteiger partial charge in [0.25, 0.3) is 0 Å². The van der Waals surface area contributed by atoms with Gasteiger partial charge in [0, 0.05) is 17.4 Å². The largest absolute Gasteiger partial charge is 0.480 e. The van der Waals surface area contributed by atoms with Crippen LogP contribution in [0.1, 0.15) is 38.2 Å². The number of carboxylic acid groups (broad SMARTS) is 1. The van der Waals surface area contributed by atoms with Crippen molar-refractivity contribution in [1.82, 2.24) is 4.90 Å². The van der Waals surface area contributed by atoms with E-state index in [1.165, 1.54) is 4.90 Å². The second kappa shape index (κ2) is 6.60. The minimum atomic E-state index is -0.898. The maximum absolute atomic E-state index is 12.4. The molecule has 0 radical (unpaired) electrons. The highest BCUT2D eigenvalue weighted by molar-refractivity contribution is 9.10. The Labute approximate surface area is 133 Å². The molecule has 1 saturated heterocycles. The fourth-order valence-corrected chi connectivity index (χ4v) is 3.16. The van der Waals surface area contributed by atoms with E-state index in [2.05, 4.69) is 15.9 Å². The predicted molar refractivity (Wildman–Crippen MR) is 84.1 cm³/mol. The summed E-state index contributed by atoms with van der Waals surface area (Å²) in [4.78, 5) is 25.3. The molecule has 1 fully saturated rings. The number of benzene rings is 1. The van der Waals surface area contributed by atoms with E-state index in [0.717, 1.165) is 16.5 Å². The fraction of sp³-hybridized carbons (Fsp3) is 0.500. The van der Waals surface area contributed by atoms with Gasteiger partial charge >= 0.3 is 5.97 Å². The first-order chi connectivity index (χ1) is 9.90. The minimum absolute atomic E-state index is 0.0226. The number of nitrogens with zero attached hydrogens (tertiary/aromatic N) is 1. The molecule has 3 atom stereocenters. The van der Waals surface area contributed by atoms with Crippen molar-refractivity contribution in [3.63, 3.8) is 0 Å². The van der Waals surface area contributed by atoms with E-state index in [1.54, 1.807) is 0 Å². The summed E-state index contributed by atoms with van der Waals surface area (Å²) >= 11 is 3.39. The highest BCUT2D eigenvalue weighted by atomic mass is 79.9. The first kappa shape index (κ1) is 16.0. The lowest BCUT2D eigenvalue weighted by Crippen LogP contribution is -2.43. The van der Waals surface area contributed by atoms with Crippen LogP contribution in [0.2, 0.25) is 0 Å². The maximum atomic E-state index is 12.4.